The van der Waals surface area contributed by atoms with Gasteiger partial charge in [-0.3, -0.25) is 0 Å². The minimum Gasteiger partial charge on any atom is -0.493 e. The van der Waals surface area contributed by atoms with Crippen LogP contribution in [-0.2, 0) is 0 Å². The van der Waals surface area contributed by atoms with E-state index in [9.17, 15) is 5.11 Å². The number of ether oxygens (including phenoxy) is 1. The molecule has 0 amide bonds. The SMILES string of the molecule is C#CCCCC(O)c1ccccc1OCC. The van der Waals surface area contributed by atoms with Crippen molar-refractivity contribution >= 4 is 0 Å². The minimum absolute atomic E-state index is 0.490. The van der Waals surface area contributed by atoms with E-state index in [1.807, 2.05) is 31.2 Å². The first-order valence-electron chi connectivity index (χ1n) is 5.62. The molecule has 1 unspecified atom stereocenters. The number of terminal acetylenes is 1. The molecule has 1 rings (SSSR count). The number of hydrogen-bond donors (Lipinski definition) is 1. The predicted octanol–water partition coefficient (Wildman–Crippen LogP) is 2.92. The monoisotopic (exact) mass is 218 g/mol. The number of hydrogen-bond acceptors (Lipinski definition) is 2. The van der Waals surface area contributed by atoms with Gasteiger partial charge >= 0.3 is 0 Å². The lowest BCUT2D eigenvalue weighted by atomic mass is 10.0. The zero-order valence-electron chi connectivity index (χ0n) is 9.65. The summed E-state index contributed by atoms with van der Waals surface area (Å²) in [5.41, 5.74) is 0.848. The average molecular weight is 218 g/mol. The average Bonchev–Trinajstić information content (AvgIpc) is 2.30. The Morgan fingerprint density at radius 1 is 1.44 bits per heavy atom. The summed E-state index contributed by atoms with van der Waals surface area (Å²) >= 11 is 0. The van der Waals surface area contributed by atoms with Crippen molar-refractivity contribution in [2.45, 2.75) is 32.3 Å². The lowest BCUT2D eigenvalue weighted by molar-refractivity contribution is 0.159. The Balaban J connectivity index is 2.66. The summed E-state index contributed by atoms with van der Waals surface area (Å²) in [6.45, 7) is 2.54. The van der Waals surface area contributed by atoms with Gasteiger partial charge < -0.3 is 9.84 Å². The van der Waals surface area contributed by atoms with Crippen molar-refractivity contribution in [2.75, 3.05) is 6.61 Å². The number of aliphatic hydroxyl groups is 1. The largest absolute Gasteiger partial charge is 0.493 e. The van der Waals surface area contributed by atoms with Crippen molar-refractivity contribution in [3.8, 4) is 18.1 Å². The molecule has 0 aliphatic heterocycles. The van der Waals surface area contributed by atoms with Gasteiger partial charge in [-0.1, -0.05) is 18.2 Å². The van der Waals surface area contributed by atoms with Crippen molar-refractivity contribution in [1.29, 1.82) is 0 Å². The third kappa shape index (κ3) is 3.60. The van der Waals surface area contributed by atoms with Gasteiger partial charge in [0.05, 0.1) is 12.7 Å². The standard InChI is InChI=1S/C14H18O2/c1-3-5-6-10-13(15)12-9-7-8-11-14(12)16-4-2/h1,7-9,11,13,15H,4-6,10H2,2H3. The second kappa shape index (κ2) is 6.92. The van der Waals surface area contributed by atoms with E-state index in [0.717, 1.165) is 17.7 Å². The predicted molar refractivity (Wildman–Crippen MR) is 65.3 cm³/mol. The summed E-state index contributed by atoms with van der Waals surface area (Å²) in [4.78, 5) is 0. The maximum absolute atomic E-state index is 10.0. The van der Waals surface area contributed by atoms with Gasteiger partial charge in [-0.2, -0.15) is 0 Å². The molecule has 1 aromatic carbocycles. The fraction of sp³-hybridized carbons (Fsp3) is 0.429. The van der Waals surface area contributed by atoms with E-state index in [1.165, 1.54) is 0 Å². The Kier molecular flexibility index (Phi) is 5.45. The van der Waals surface area contributed by atoms with Crippen molar-refractivity contribution in [2.24, 2.45) is 0 Å². The second-order valence-corrected chi connectivity index (χ2v) is 3.58. The van der Waals surface area contributed by atoms with Gasteiger partial charge in [-0.15, -0.1) is 12.3 Å². The highest BCUT2D eigenvalue weighted by Crippen LogP contribution is 2.28. The summed E-state index contributed by atoms with van der Waals surface area (Å²) in [6, 6.07) is 7.58. The van der Waals surface area contributed by atoms with Gasteiger partial charge in [-0.25, -0.2) is 0 Å². The van der Waals surface area contributed by atoms with Gasteiger partial charge in [0.15, 0.2) is 0 Å². The van der Waals surface area contributed by atoms with Gasteiger partial charge in [0, 0.05) is 12.0 Å². The van der Waals surface area contributed by atoms with Crippen LogP contribution < -0.4 is 4.74 Å². The van der Waals surface area contributed by atoms with Crippen molar-refractivity contribution in [1.82, 2.24) is 0 Å². The van der Waals surface area contributed by atoms with Gasteiger partial charge in [-0.05, 0) is 25.8 Å². The van der Waals surface area contributed by atoms with Crippen molar-refractivity contribution in [3.63, 3.8) is 0 Å². The molecule has 0 aliphatic carbocycles. The third-order valence-electron chi connectivity index (χ3n) is 2.38. The maximum atomic E-state index is 10.0. The van der Waals surface area contributed by atoms with Crippen LogP contribution in [-0.4, -0.2) is 11.7 Å². The number of unbranched alkanes of at least 4 members (excludes halogenated alkanes) is 1. The summed E-state index contributed by atoms with van der Waals surface area (Å²) in [6.07, 6.45) is 6.89. The Morgan fingerprint density at radius 3 is 2.88 bits per heavy atom. The number of rotatable bonds is 6. The molecule has 0 radical (unpaired) electrons. The van der Waals surface area contributed by atoms with Gasteiger partial charge in [0.25, 0.3) is 0 Å². The Labute approximate surface area is 97.3 Å². The van der Waals surface area contributed by atoms with Crippen LogP contribution >= 0.6 is 0 Å². The zero-order valence-corrected chi connectivity index (χ0v) is 9.65. The Morgan fingerprint density at radius 2 is 2.19 bits per heavy atom. The highest BCUT2D eigenvalue weighted by Gasteiger charge is 2.11. The molecule has 0 aliphatic rings. The number of benzene rings is 1. The number of aliphatic hydroxyl groups excluding tert-OH is 1. The zero-order chi connectivity index (χ0) is 11.8. The fourth-order valence-electron chi connectivity index (χ4n) is 1.60. The first-order valence-corrected chi connectivity index (χ1v) is 5.62. The molecule has 86 valence electrons. The fourth-order valence-corrected chi connectivity index (χ4v) is 1.60. The van der Waals surface area contributed by atoms with E-state index in [1.54, 1.807) is 0 Å². The summed E-state index contributed by atoms with van der Waals surface area (Å²) < 4.78 is 5.46. The molecular weight excluding hydrogens is 200 g/mol. The first kappa shape index (κ1) is 12.6. The molecular formula is C14H18O2. The van der Waals surface area contributed by atoms with E-state index in [4.69, 9.17) is 11.2 Å². The number of para-hydroxylation sites is 1. The van der Waals surface area contributed by atoms with E-state index >= 15 is 0 Å². The Bertz CT molecular complexity index is 352. The molecule has 2 nitrogen and oxygen atoms in total. The lowest BCUT2D eigenvalue weighted by Crippen LogP contribution is -2.02. The first-order chi connectivity index (χ1) is 7.79. The van der Waals surface area contributed by atoms with Gasteiger partial charge in [0.1, 0.15) is 5.75 Å². The quantitative estimate of drug-likeness (QED) is 0.587. The van der Waals surface area contributed by atoms with Crippen LogP contribution in [0.3, 0.4) is 0 Å². The van der Waals surface area contributed by atoms with Gasteiger partial charge in [0.2, 0.25) is 0 Å². The van der Waals surface area contributed by atoms with E-state index in [0.29, 0.717) is 19.4 Å². The van der Waals surface area contributed by atoms with Crippen LogP contribution in [0.2, 0.25) is 0 Å². The van der Waals surface area contributed by atoms with Crippen LogP contribution in [0.1, 0.15) is 37.9 Å². The highest BCUT2D eigenvalue weighted by atomic mass is 16.5. The lowest BCUT2D eigenvalue weighted by Gasteiger charge is -2.14. The molecule has 0 spiro atoms. The van der Waals surface area contributed by atoms with Crippen LogP contribution in [0.15, 0.2) is 24.3 Å². The van der Waals surface area contributed by atoms with E-state index < -0.39 is 6.10 Å². The van der Waals surface area contributed by atoms with Crippen LogP contribution in [0.25, 0.3) is 0 Å². The van der Waals surface area contributed by atoms with E-state index in [-0.39, 0.29) is 0 Å². The molecule has 0 heterocycles. The molecule has 0 bridgehead atoms. The summed E-state index contributed by atoms with van der Waals surface area (Å²) in [5, 5.41) is 10.0. The second-order valence-electron chi connectivity index (χ2n) is 3.58. The molecule has 2 heteroatoms. The third-order valence-corrected chi connectivity index (χ3v) is 2.38. The summed E-state index contributed by atoms with van der Waals surface area (Å²) in [5.74, 6) is 3.33. The van der Waals surface area contributed by atoms with Crippen LogP contribution in [0.5, 0.6) is 5.75 Å². The molecule has 0 saturated carbocycles. The van der Waals surface area contributed by atoms with E-state index in [2.05, 4.69) is 5.92 Å². The molecule has 1 aromatic rings. The molecule has 1 N–H and O–H groups in total. The Hall–Kier alpha value is -1.46. The maximum Gasteiger partial charge on any atom is 0.125 e. The molecule has 0 saturated heterocycles. The topological polar surface area (TPSA) is 29.5 Å². The van der Waals surface area contributed by atoms with Crippen molar-refractivity contribution in [3.05, 3.63) is 29.8 Å². The molecule has 1 atom stereocenters. The normalized spacial score (nSPS) is 11.8. The highest BCUT2D eigenvalue weighted by molar-refractivity contribution is 5.35. The minimum atomic E-state index is -0.490. The van der Waals surface area contributed by atoms with Crippen molar-refractivity contribution < 1.29 is 9.84 Å². The van der Waals surface area contributed by atoms with Crippen LogP contribution in [0, 0.1) is 12.3 Å². The molecule has 0 aromatic heterocycles. The van der Waals surface area contributed by atoms with Crippen LogP contribution in [0.4, 0.5) is 0 Å². The molecule has 16 heavy (non-hydrogen) atoms. The molecule has 0 fully saturated rings. The smallest absolute Gasteiger partial charge is 0.125 e. The summed E-state index contributed by atoms with van der Waals surface area (Å²) in [7, 11) is 0.